The number of thiazole rings is 1. The number of carbonyl (C=O) groups is 1. The van der Waals surface area contributed by atoms with Crippen molar-refractivity contribution < 1.29 is 4.79 Å². The summed E-state index contributed by atoms with van der Waals surface area (Å²) in [5.41, 5.74) is 8.46. The highest BCUT2D eigenvalue weighted by molar-refractivity contribution is 8.01. The van der Waals surface area contributed by atoms with Crippen molar-refractivity contribution in [1.29, 1.82) is 0 Å². The summed E-state index contributed by atoms with van der Waals surface area (Å²) in [6, 6.07) is -0.537. The van der Waals surface area contributed by atoms with Gasteiger partial charge >= 0.3 is 0 Å². The molecule has 0 fully saturated rings. The zero-order valence-corrected chi connectivity index (χ0v) is 14.1. The van der Waals surface area contributed by atoms with Crippen molar-refractivity contribution in [3.63, 3.8) is 0 Å². The lowest BCUT2D eigenvalue weighted by Crippen LogP contribution is -2.42. The molecule has 2 heterocycles. The number of hydrogen-bond acceptors (Lipinski definition) is 8. The number of rotatable bonds is 8. The lowest BCUT2D eigenvalue weighted by Gasteiger charge is -2.10. The first-order valence-electron chi connectivity index (χ1n) is 6.48. The van der Waals surface area contributed by atoms with Gasteiger partial charge in [-0.15, -0.1) is 21.5 Å². The molecule has 114 valence electrons. The van der Waals surface area contributed by atoms with E-state index < -0.39 is 6.04 Å². The molecule has 2 rings (SSSR count). The number of hydrogen-bond donors (Lipinski definition) is 2. The van der Waals surface area contributed by atoms with Crippen molar-refractivity contribution in [2.24, 2.45) is 5.73 Å². The molecule has 0 aromatic carbocycles. The third kappa shape index (κ3) is 5.70. The Balaban J connectivity index is 1.58. The van der Waals surface area contributed by atoms with Crippen LogP contribution in [0.5, 0.6) is 0 Å². The first-order chi connectivity index (χ1) is 10.1. The zero-order valence-electron chi connectivity index (χ0n) is 11.6. The fraction of sp³-hybridized carbons (Fsp3) is 0.500. The largest absolute Gasteiger partial charge is 0.355 e. The predicted molar refractivity (Wildman–Crippen MR) is 86.8 cm³/mol. The van der Waals surface area contributed by atoms with E-state index >= 15 is 0 Å². The van der Waals surface area contributed by atoms with Crippen molar-refractivity contribution in [1.82, 2.24) is 20.5 Å². The smallest absolute Gasteiger partial charge is 0.237 e. The van der Waals surface area contributed by atoms with Gasteiger partial charge in [0.05, 0.1) is 17.2 Å². The molecule has 0 aliphatic heterocycles. The topological polar surface area (TPSA) is 93.8 Å². The number of nitrogens with one attached hydrogen (secondary N) is 1. The number of carbonyl (C=O) groups excluding carboxylic acids is 1. The molecule has 2 aromatic heterocycles. The number of aromatic nitrogens is 3. The average Bonchev–Trinajstić information content (AvgIpc) is 3.10. The fourth-order valence-electron chi connectivity index (χ4n) is 1.57. The van der Waals surface area contributed by atoms with E-state index in [0.29, 0.717) is 13.0 Å². The van der Waals surface area contributed by atoms with Crippen molar-refractivity contribution in [3.8, 4) is 0 Å². The summed E-state index contributed by atoms with van der Waals surface area (Å²) in [6.07, 6.45) is 1.35. The quantitative estimate of drug-likeness (QED) is 0.557. The van der Waals surface area contributed by atoms with Crippen molar-refractivity contribution in [2.45, 2.75) is 30.1 Å². The van der Waals surface area contributed by atoms with Crippen LogP contribution in [0.4, 0.5) is 0 Å². The first-order valence-corrected chi connectivity index (χ1v) is 9.23. The molecule has 0 bridgehead atoms. The lowest BCUT2D eigenvalue weighted by molar-refractivity contribution is -0.122. The highest BCUT2D eigenvalue weighted by Gasteiger charge is 2.14. The van der Waals surface area contributed by atoms with Gasteiger partial charge in [-0.3, -0.25) is 4.79 Å². The summed E-state index contributed by atoms with van der Waals surface area (Å²) in [7, 11) is 0. The summed E-state index contributed by atoms with van der Waals surface area (Å²) >= 11 is 4.75. The Kier molecular flexibility index (Phi) is 6.55. The maximum atomic E-state index is 11.8. The number of nitrogens with zero attached hydrogens (tertiary/aromatic N) is 3. The summed E-state index contributed by atoms with van der Waals surface area (Å²) in [4.78, 5) is 15.9. The van der Waals surface area contributed by atoms with Crippen molar-refractivity contribution in [3.05, 3.63) is 21.6 Å². The molecule has 9 heteroatoms. The normalized spacial score (nSPS) is 12.3. The van der Waals surface area contributed by atoms with E-state index in [0.717, 1.165) is 27.2 Å². The van der Waals surface area contributed by atoms with Crippen LogP contribution in [0, 0.1) is 6.92 Å². The van der Waals surface area contributed by atoms with E-state index in [4.69, 9.17) is 5.73 Å². The summed E-state index contributed by atoms with van der Waals surface area (Å²) < 4.78 is 0.971. The minimum absolute atomic E-state index is 0.125. The number of amides is 1. The van der Waals surface area contributed by atoms with Gasteiger partial charge in [0.2, 0.25) is 5.91 Å². The van der Waals surface area contributed by atoms with Crippen LogP contribution in [0.2, 0.25) is 0 Å². The van der Waals surface area contributed by atoms with Crippen LogP contribution in [0.15, 0.2) is 15.2 Å². The van der Waals surface area contributed by atoms with Crippen LogP contribution in [0.25, 0.3) is 0 Å². The molecule has 0 aliphatic carbocycles. The van der Waals surface area contributed by atoms with E-state index in [9.17, 15) is 4.79 Å². The molecule has 0 aliphatic rings. The molecule has 6 nitrogen and oxygen atoms in total. The van der Waals surface area contributed by atoms with Gasteiger partial charge in [-0.05, 0) is 13.3 Å². The molecule has 0 saturated carbocycles. The Labute approximate surface area is 135 Å². The second kappa shape index (κ2) is 8.42. The van der Waals surface area contributed by atoms with Crippen LogP contribution in [-0.2, 0) is 11.2 Å². The Morgan fingerprint density at radius 3 is 3.05 bits per heavy atom. The highest BCUT2D eigenvalue weighted by atomic mass is 32.2. The summed E-state index contributed by atoms with van der Waals surface area (Å²) in [6.45, 7) is 2.56. The number of thioether (sulfide) groups is 1. The van der Waals surface area contributed by atoms with Crippen LogP contribution in [0.3, 0.4) is 0 Å². The molecule has 1 atom stereocenters. The van der Waals surface area contributed by atoms with Crippen LogP contribution in [-0.4, -0.2) is 39.4 Å². The summed E-state index contributed by atoms with van der Waals surface area (Å²) in [5, 5.41) is 13.7. The van der Waals surface area contributed by atoms with Gasteiger partial charge in [0, 0.05) is 24.1 Å². The van der Waals surface area contributed by atoms with Gasteiger partial charge in [0.25, 0.3) is 0 Å². The molecule has 3 N–H and O–H groups in total. The standard InChI is InChI=1S/C12H17N5OS3/c1-8-16-17-12(21-8)20-4-2-3-14-11(18)10(13)5-9-6-19-7-15-9/h6-7,10H,2-5,13H2,1H3,(H,14,18)/t10-/m0/s1. The van der Waals surface area contributed by atoms with Gasteiger partial charge in [-0.25, -0.2) is 4.98 Å². The van der Waals surface area contributed by atoms with E-state index in [1.807, 2.05) is 12.3 Å². The maximum absolute atomic E-state index is 11.8. The molecule has 2 aromatic rings. The van der Waals surface area contributed by atoms with Crippen LogP contribution < -0.4 is 11.1 Å². The SMILES string of the molecule is Cc1nnc(SCCCNC(=O)[C@@H](N)Cc2cscn2)s1. The third-order valence-corrected chi connectivity index (χ3v) is 5.30. The van der Waals surface area contributed by atoms with Gasteiger partial charge in [0.1, 0.15) is 5.01 Å². The van der Waals surface area contributed by atoms with Gasteiger partial charge in [-0.1, -0.05) is 23.1 Å². The molecule has 0 saturated heterocycles. The number of aryl methyl sites for hydroxylation is 1. The average molecular weight is 344 g/mol. The number of nitrogens with two attached hydrogens (primary N) is 1. The van der Waals surface area contributed by atoms with E-state index in [1.54, 1.807) is 28.6 Å². The predicted octanol–water partition coefficient (Wildman–Crippen LogP) is 1.47. The maximum Gasteiger partial charge on any atom is 0.237 e. The van der Waals surface area contributed by atoms with E-state index in [1.165, 1.54) is 11.3 Å². The molecular formula is C12H17N5OS3. The zero-order chi connectivity index (χ0) is 15.1. The first kappa shape index (κ1) is 16.3. The Morgan fingerprint density at radius 2 is 2.38 bits per heavy atom. The van der Waals surface area contributed by atoms with Crippen LogP contribution >= 0.6 is 34.4 Å². The molecule has 0 spiro atoms. The highest BCUT2D eigenvalue weighted by Crippen LogP contribution is 2.21. The Morgan fingerprint density at radius 1 is 1.52 bits per heavy atom. The Bertz CT molecular complexity index is 557. The molecule has 0 unspecified atom stereocenters. The summed E-state index contributed by atoms with van der Waals surface area (Å²) in [5.74, 6) is 0.774. The van der Waals surface area contributed by atoms with Crippen molar-refractivity contribution in [2.75, 3.05) is 12.3 Å². The second-order valence-corrected chi connectivity index (χ2v) is 7.61. The van der Waals surface area contributed by atoms with E-state index in [-0.39, 0.29) is 5.91 Å². The van der Waals surface area contributed by atoms with Crippen LogP contribution in [0.1, 0.15) is 17.1 Å². The fourth-order valence-corrected chi connectivity index (χ4v) is 3.96. The minimum Gasteiger partial charge on any atom is -0.355 e. The second-order valence-electron chi connectivity index (χ2n) is 4.37. The molecule has 21 heavy (non-hydrogen) atoms. The molecule has 1 amide bonds. The van der Waals surface area contributed by atoms with Gasteiger partial charge < -0.3 is 11.1 Å². The van der Waals surface area contributed by atoms with Crippen molar-refractivity contribution >= 4 is 40.3 Å². The molecule has 0 radical (unpaired) electrons. The van der Waals surface area contributed by atoms with Gasteiger partial charge in [-0.2, -0.15) is 0 Å². The minimum atomic E-state index is -0.537. The van der Waals surface area contributed by atoms with E-state index in [2.05, 4.69) is 20.5 Å². The van der Waals surface area contributed by atoms with Gasteiger partial charge in [0.15, 0.2) is 4.34 Å². The molecular weight excluding hydrogens is 326 g/mol. The monoisotopic (exact) mass is 343 g/mol. The third-order valence-electron chi connectivity index (χ3n) is 2.60. The Hall–Kier alpha value is -1.03. The lowest BCUT2D eigenvalue weighted by atomic mass is 10.1.